The Morgan fingerprint density at radius 1 is 1.07 bits per heavy atom. The van der Waals surface area contributed by atoms with Gasteiger partial charge in [0.25, 0.3) is 5.91 Å². The van der Waals surface area contributed by atoms with Gasteiger partial charge >= 0.3 is 5.97 Å². The second kappa shape index (κ2) is 8.35. The number of hydrogen-bond donors (Lipinski definition) is 1. The molecule has 0 saturated carbocycles. The first-order valence-electron chi connectivity index (χ1n) is 9.30. The van der Waals surface area contributed by atoms with Crippen LogP contribution < -0.4 is 0 Å². The maximum Gasteiger partial charge on any atom is 0.348 e. The molecule has 1 aliphatic rings. The van der Waals surface area contributed by atoms with Crippen LogP contribution in [0.4, 0.5) is 0 Å². The number of esters is 1. The van der Waals surface area contributed by atoms with Crippen molar-refractivity contribution in [3.8, 4) is 0 Å². The highest BCUT2D eigenvalue weighted by Gasteiger charge is 2.42. The Labute approximate surface area is 159 Å². The van der Waals surface area contributed by atoms with Crippen LogP contribution in [0.2, 0.25) is 0 Å². The normalized spacial score (nSPS) is 17.4. The standard InChI is InChI=1S/C22H25NO4/c1-17-9-8-14-23(15-17)20(24)16-27-21(25)22(26,18-10-4-2-5-11-18)19-12-6-3-7-13-19/h2-7,10-13,17,26H,8-9,14-16H2,1H3/t17-/m0/s1. The van der Waals surface area contributed by atoms with Gasteiger partial charge in [0.05, 0.1) is 0 Å². The lowest BCUT2D eigenvalue weighted by molar-refractivity contribution is -0.166. The summed E-state index contributed by atoms with van der Waals surface area (Å²) in [5, 5.41) is 11.3. The highest BCUT2D eigenvalue weighted by atomic mass is 16.6. The van der Waals surface area contributed by atoms with Crippen LogP contribution in [0, 0.1) is 5.92 Å². The summed E-state index contributed by atoms with van der Waals surface area (Å²) in [5.74, 6) is -0.624. The second-order valence-electron chi connectivity index (χ2n) is 7.11. The van der Waals surface area contributed by atoms with Gasteiger partial charge in [-0.05, 0) is 29.9 Å². The SMILES string of the molecule is C[C@H]1CCCN(C(=O)COC(=O)C(O)(c2ccccc2)c2ccccc2)C1. The molecule has 2 aromatic carbocycles. The minimum absolute atomic E-state index is 0.224. The average Bonchev–Trinajstić information content (AvgIpc) is 2.72. The van der Waals surface area contributed by atoms with Crippen LogP contribution in [0.5, 0.6) is 0 Å². The highest BCUT2D eigenvalue weighted by Crippen LogP contribution is 2.31. The molecule has 0 unspecified atom stereocenters. The summed E-state index contributed by atoms with van der Waals surface area (Å²) in [4.78, 5) is 27.0. The van der Waals surface area contributed by atoms with E-state index in [-0.39, 0.29) is 12.5 Å². The predicted octanol–water partition coefficient (Wildman–Crippen LogP) is 2.72. The summed E-state index contributed by atoms with van der Waals surface area (Å²) in [7, 11) is 0. The molecule has 1 atom stereocenters. The smallest absolute Gasteiger partial charge is 0.348 e. The van der Waals surface area contributed by atoms with E-state index in [1.807, 2.05) is 0 Å². The predicted molar refractivity (Wildman–Crippen MR) is 102 cm³/mol. The van der Waals surface area contributed by atoms with Crippen molar-refractivity contribution in [2.24, 2.45) is 5.92 Å². The Bertz CT molecular complexity index is 736. The Morgan fingerprint density at radius 2 is 1.63 bits per heavy atom. The molecule has 3 rings (SSSR count). The number of likely N-dealkylation sites (tertiary alicyclic amines) is 1. The molecule has 5 heteroatoms. The van der Waals surface area contributed by atoms with Crippen molar-refractivity contribution in [1.29, 1.82) is 0 Å². The Morgan fingerprint density at radius 3 is 2.15 bits per heavy atom. The largest absolute Gasteiger partial charge is 0.453 e. The molecule has 1 N–H and O–H groups in total. The van der Waals surface area contributed by atoms with Crippen LogP contribution in [0.1, 0.15) is 30.9 Å². The maximum atomic E-state index is 12.9. The molecule has 0 aromatic heterocycles. The van der Waals surface area contributed by atoms with Crippen molar-refractivity contribution in [2.45, 2.75) is 25.4 Å². The number of aliphatic hydroxyl groups is 1. The van der Waals surface area contributed by atoms with Gasteiger partial charge in [0.1, 0.15) is 0 Å². The number of piperidine rings is 1. The first kappa shape index (κ1) is 19.1. The van der Waals surface area contributed by atoms with Crippen molar-refractivity contribution < 1.29 is 19.4 Å². The molecule has 1 saturated heterocycles. The summed E-state index contributed by atoms with van der Waals surface area (Å²) in [6.45, 7) is 3.10. The van der Waals surface area contributed by atoms with Crippen LogP contribution in [-0.4, -0.2) is 41.6 Å². The minimum Gasteiger partial charge on any atom is -0.453 e. The zero-order valence-electron chi connectivity index (χ0n) is 15.5. The molecular formula is C22H25NO4. The van der Waals surface area contributed by atoms with Gasteiger partial charge in [-0.2, -0.15) is 0 Å². The molecule has 0 radical (unpaired) electrons. The quantitative estimate of drug-likeness (QED) is 0.825. The number of rotatable bonds is 5. The zero-order valence-corrected chi connectivity index (χ0v) is 15.5. The van der Waals surface area contributed by atoms with Crippen molar-refractivity contribution in [3.63, 3.8) is 0 Å². The number of ether oxygens (including phenoxy) is 1. The monoisotopic (exact) mass is 367 g/mol. The molecule has 0 aliphatic carbocycles. The van der Waals surface area contributed by atoms with E-state index in [0.29, 0.717) is 30.1 Å². The third-order valence-electron chi connectivity index (χ3n) is 5.01. The molecule has 1 fully saturated rings. The number of amides is 1. The van der Waals surface area contributed by atoms with Crippen molar-refractivity contribution in [2.75, 3.05) is 19.7 Å². The number of carbonyl (C=O) groups excluding carboxylic acids is 2. The number of hydrogen-bond acceptors (Lipinski definition) is 4. The molecular weight excluding hydrogens is 342 g/mol. The molecule has 1 heterocycles. The number of benzene rings is 2. The molecule has 2 aromatic rings. The lowest BCUT2D eigenvalue weighted by atomic mass is 9.86. The summed E-state index contributed by atoms with van der Waals surface area (Å²) in [5.41, 5.74) is -1.15. The van der Waals surface area contributed by atoms with Gasteiger partial charge in [-0.3, -0.25) is 4.79 Å². The van der Waals surface area contributed by atoms with E-state index in [2.05, 4.69) is 6.92 Å². The van der Waals surface area contributed by atoms with Crippen LogP contribution >= 0.6 is 0 Å². The Kier molecular flexibility index (Phi) is 5.91. The first-order valence-corrected chi connectivity index (χ1v) is 9.30. The van der Waals surface area contributed by atoms with Gasteiger partial charge in [-0.1, -0.05) is 67.6 Å². The lowest BCUT2D eigenvalue weighted by Gasteiger charge is -2.31. The molecule has 0 bridgehead atoms. The van der Waals surface area contributed by atoms with Crippen LogP contribution in [-0.2, 0) is 19.9 Å². The van der Waals surface area contributed by atoms with E-state index in [1.54, 1.807) is 65.6 Å². The second-order valence-corrected chi connectivity index (χ2v) is 7.11. The summed E-state index contributed by atoms with van der Waals surface area (Å²) in [6, 6.07) is 17.3. The van der Waals surface area contributed by atoms with Gasteiger partial charge in [0.15, 0.2) is 6.61 Å². The molecule has 142 valence electrons. The van der Waals surface area contributed by atoms with Crippen LogP contribution in [0.25, 0.3) is 0 Å². The van der Waals surface area contributed by atoms with E-state index < -0.39 is 11.6 Å². The van der Waals surface area contributed by atoms with E-state index in [1.165, 1.54) is 0 Å². The number of nitrogens with zero attached hydrogens (tertiary/aromatic N) is 1. The van der Waals surface area contributed by atoms with E-state index in [0.717, 1.165) is 12.8 Å². The Hall–Kier alpha value is -2.66. The molecule has 1 amide bonds. The van der Waals surface area contributed by atoms with E-state index in [4.69, 9.17) is 4.74 Å². The van der Waals surface area contributed by atoms with E-state index >= 15 is 0 Å². The van der Waals surface area contributed by atoms with Gasteiger partial charge < -0.3 is 14.7 Å². The van der Waals surface area contributed by atoms with Crippen molar-refractivity contribution >= 4 is 11.9 Å². The number of carbonyl (C=O) groups is 2. The highest BCUT2D eigenvalue weighted by molar-refractivity contribution is 5.88. The topological polar surface area (TPSA) is 66.8 Å². The van der Waals surface area contributed by atoms with Crippen molar-refractivity contribution in [3.05, 3.63) is 71.8 Å². The van der Waals surface area contributed by atoms with E-state index in [9.17, 15) is 14.7 Å². The third kappa shape index (κ3) is 4.19. The molecule has 5 nitrogen and oxygen atoms in total. The van der Waals surface area contributed by atoms with Gasteiger partial charge in [-0.15, -0.1) is 0 Å². The lowest BCUT2D eigenvalue weighted by Crippen LogP contribution is -2.44. The van der Waals surface area contributed by atoms with Crippen LogP contribution in [0.3, 0.4) is 0 Å². The third-order valence-corrected chi connectivity index (χ3v) is 5.01. The minimum atomic E-state index is -1.96. The van der Waals surface area contributed by atoms with Gasteiger partial charge in [0, 0.05) is 13.1 Å². The maximum absolute atomic E-state index is 12.9. The molecule has 0 spiro atoms. The summed E-state index contributed by atoms with van der Waals surface area (Å²) in [6.07, 6.45) is 2.06. The van der Waals surface area contributed by atoms with Gasteiger partial charge in [0.2, 0.25) is 5.60 Å². The fourth-order valence-electron chi connectivity index (χ4n) is 3.50. The zero-order chi connectivity index (χ0) is 19.3. The summed E-state index contributed by atoms with van der Waals surface area (Å²) >= 11 is 0. The summed E-state index contributed by atoms with van der Waals surface area (Å²) < 4.78 is 5.29. The van der Waals surface area contributed by atoms with Crippen LogP contribution in [0.15, 0.2) is 60.7 Å². The molecule has 1 aliphatic heterocycles. The Balaban J connectivity index is 1.77. The first-order chi connectivity index (χ1) is 13.0. The molecule has 27 heavy (non-hydrogen) atoms. The fourth-order valence-corrected chi connectivity index (χ4v) is 3.50. The van der Waals surface area contributed by atoms with Crippen molar-refractivity contribution in [1.82, 2.24) is 4.90 Å². The average molecular weight is 367 g/mol. The fraction of sp³-hybridized carbons (Fsp3) is 0.364. The van der Waals surface area contributed by atoms with Gasteiger partial charge in [-0.25, -0.2) is 4.79 Å².